The van der Waals surface area contributed by atoms with Crippen LogP contribution < -0.4 is 5.32 Å². The lowest BCUT2D eigenvalue weighted by atomic mass is 10.3. The van der Waals surface area contributed by atoms with Gasteiger partial charge in [-0.3, -0.25) is 10.1 Å². The largest absolute Gasteiger partial charge is 0.297 e. The summed E-state index contributed by atoms with van der Waals surface area (Å²) in [5.74, 6) is -0.270. The molecular weight excluding hydrogens is 422 g/mol. The van der Waals surface area contributed by atoms with Crippen LogP contribution in [0.25, 0.3) is 20.8 Å². The number of amides is 1. The summed E-state index contributed by atoms with van der Waals surface area (Å²) in [6, 6.07) is 6.70. The first-order valence-corrected chi connectivity index (χ1v) is 12.2. The van der Waals surface area contributed by atoms with Crippen LogP contribution in [0.1, 0.15) is 15.4 Å². The fourth-order valence-electron chi connectivity index (χ4n) is 2.46. The number of carbonyl (C=O) groups is 1. The minimum atomic E-state index is -3.29. The van der Waals surface area contributed by atoms with E-state index >= 15 is 0 Å². The van der Waals surface area contributed by atoms with E-state index in [1.807, 2.05) is 16.8 Å². The molecule has 138 valence electrons. The van der Waals surface area contributed by atoms with E-state index in [0.717, 1.165) is 16.8 Å². The maximum absolute atomic E-state index is 12.7. The topological polar surface area (TPSA) is 89.0 Å². The number of rotatable bonds is 4. The number of nitrogens with zero attached hydrogens (tertiary/aromatic N) is 2. The molecule has 3 heterocycles. The van der Waals surface area contributed by atoms with Crippen molar-refractivity contribution in [3.05, 3.63) is 45.6 Å². The maximum atomic E-state index is 12.7. The van der Waals surface area contributed by atoms with Crippen molar-refractivity contribution >= 4 is 65.1 Å². The number of aryl methyl sites for hydroxylation is 1. The quantitative estimate of drug-likeness (QED) is 0.512. The van der Waals surface area contributed by atoms with E-state index in [-0.39, 0.29) is 10.8 Å². The third-order valence-corrected chi connectivity index (χ3v) is 7.71. The van der Waals surface area contributed by atoms with Crippen LogP contribution in [-0.2, 0) is 9.84 Å². The van der Waals surface area contributed by atoms with Crippen molar-refractivity contribution < 1.29 is 13.2 Å². The van der Waals surface area contributed by atoms with Crippen molar-refractivity contribution in [2.45, 2.75) is 11.8 Å². The van der Waals surface area contributed by atoms with Crippen molar-refractivity contribution in [3.63, 3.8) is 0 Å². The fraction of sp³-hybridized carbons (Fsp3) is 0.118. The number of anilines is 1. The zero-order chi connectivity index (χ0) is 19.2. The van der Waals surface area contributed by atoms with Gasteiger partial charge in [0.2, 0.25) is 0 Å². The number of fused-ring (bicyclic) bond motifs is 1. The highest BCUT2D eigenvalue weighted by molar-refractivity contribution is 7.90. The van der Waals surface area contributed by atoms with Gasteiger partial charge in [0.15, 0.2) is 15.0 Å². The molecule has 0 bridgehead atoms. The van der Waals surface area contributed by atoms with Gasteiger partial charge in [-0.2, -0.15) is 11.3 Å². The molecule has 0 aliphatic heterocycles. The van der Waals surface area contributed by atoms with Crippen LogP contribution >= 0.6 is 34.0 Å². The lowest BCUT2D eigenvalue weighted by Crippen LogP contribution is -2.11. The van der Waals surface area contributed by atoms with E-state index < -0.39 is 9.84 Å². The minimum absolute atomic E-state index is 0.232. The van der Waals surface area contributed by atoms with E-state index in [1.165, 1.54) is 28.7 Å². The Morgan fingerprint density at radius 1 is 1.15 bits per heavy atom. The number of nitrogens with one attached hydrogen (secondary N) is 1. The minimum Gasteiger partial charge on any atom is -0.297 e. The van der Waals surface area contributed by atoms with E-state index in [4.69, 9.17) is 0 Å². The summed E-state index contributed by atoms with van der Waals surface area (Å²) in [6.45, 7) is 1.80. The monoisotopic (exact) mass is 435 g/mol. The molecule has 10 heteroatoms. The molecule has 6 nitrogen and oxygen atoms in total. The number of thiophene rings is 1. The number of hydrogen-bond acceptors (Lipinski definition) is 8. The first-order chi connectivity index (χ1) is 12.8. The standard InChI is InChI=1S/C17H13N3O3S4/c1-9-14(26-16(18-9)10-5-6-24-8-10)15(21)20-17-19-12-4-3-11(27(2,22)23)7-13(12)25-17/h3-8H,1-2H3,(H,19,20,21). The molecule has 0 aliphatic rings. The summed E-state index contributed by atoms with van der Waals surface area (Å²) in [5.41, 5.74) is 2.31. The SMILES string of the molecule is Cc1nc(-c2ccsc2)sc1C(=O)Nc1nc2ccc(S(C)(=O)=O)cc2s1. The fourth-order valence-corrected chi connectivity index (χ4v) is 5.75. The Morgan fingerprint density at radius 2 is 1.96 bits per heavy atom. The molecular formula is C17H13N3O3S4. The molecule has 4 rings (SSSR count). The van der Waals surface area contributed by atoms with Gasteiger partial charge in [0, 0.05) is 17.2 Å². The summed E-state index contributed by atoms with van der Waals surface area (Å²) in [5, 5.41) is 7.99. The van der Waals surface area contributed by atoms with Crippen LogP contribution in [0.5, 0.6) is 0 Å². The van der Waals surface area contributed by atoms with Gasteiger partial charge in [-0.05, 0) is 36.6 Å². The number of sulfone groups is 1. The zero-order valence-corrected chi connectivity index (χ0v) is 17.5. The van der Waals surface area contributed by atoms with Gasteiger partial charge in [0.1, 0.15) is 9.88 Å². The molecule has 0 saturated heterocycles. The second-order valence-electron chi connectivity index (χ2n) is 5.82. The normalized spacial score (nSPS) is 11.8. The van der Waals surface area contributed by atoms with Gasteiger partial charge < -0.3 is 0 Å². The molecule has 3 aromatic heterocycles. The van der Waals surface area contributed by atoms with Gasteiger partial charge in [0.05, 0.1) is 20.8 Å². The number of aromatic nitrogens is 2. The van der Waals surface area contributed by atoms with Crippen LogP contribution in [0.4, 0.5) is 5.13 Å². The highest BCUT2D eigenvalue weighted by atomic mass is 32.2. The van der Waals surface area contributed by atoms with Gasteiger partial charge in [-0.25, -0.2) is 18.4 Å². The van der Waals surface area contributed by atoms with Crippen molar-refractivity contribution in [1.82, 2.24) is 9.97 Å². The number of hydrogen-bond donors (Lipinski definition) is 1. The van der Waals surface area contributed by atoms with E-state index in [0.29, 0.717) is 25.9 Å². The van der Waals surface area contributed by atoms with E-state index in [1.54, 1.807) is 30.4 Å². The van der Waals surface area contributed by atoms with Crippen LogP contribution in [-0.4, -0.2) is 30.5 Å². The molecule has 4 aromatic rings. The van der Waals surface area contributed by atoms with Crippen LogP contribution in [0.2, 0.25) is 0 Å². The van der Waals surface area contributed by atoms with Gasteiger partial charge >= 0.3 is 0 Å². The Kier molecular flexibility index (Phi) is 4.58. The van der Waals surface area contributed by atoms with Crippen molar-refractivity contribution in [2.24, 2.45) is 0 Å². The lowest BCUT2D eigenvalue weighted by molar-refractivity contribution is 0.103. The molecule has 0 spiro atoms. The summed E-state index contributed by atoms with van der Waals surface area (Å²) in [4.78, 5) is 22.3. The Balaban J connectivity index is 1.61. The first-order valence-electron chi connectivity index (χ1n) is 7.73. The average Bonchev–Trinajstić information content (AvgIpc) is 3.31. The molecule has 0 radical (unpaired) electrons. The Hall–Kier alpha value is -2.14. The molecule has 0 unspecified atom stereocenters. The smallest absolute Gasteiger partial charge is 0.269 e. The molecule has 27 heavy (non-hydrogen) atoms. The molecule has 1 aromatic carbocycles. The molecule has 0 atom stereocenters. The maximum Gasteiger partial charge on any atom is 0.269 e. The summed E-state index contributed by atoms with van der Waals surface area (Å²) in [6.07, 6.45) is 1.16. The van der Waals surface area contributed by atoms with Crippen molar-refractivity contribution in [3.8, 4) is 10.6 Å². The highest BCUT2D eigenvalue weighted by Crippen LogP contribution is 2.32. The van der Waals surface area contributed by atoms with Gasteiger partial charge in [-0.1, -0.05) is 11.3 Å². The first kappa shape index (κ1) is 18.2. The third kappa shape index (κ3) is 3.65. The van der Waals surface area contributed by atoms with Crippen molar-refractivity contribution in [2.75, 3.05) is 11.6 Å². The van der Waals surface area contributed by atoms with Crippen LogP contribution in [0, 0.1) is 6.92 Å². The summed E-state index contributed by atoms with van der Waals surface area (Å²) in [7, 11) is -3.29. The van der Waals surface area contributed by atoms with Gasteiger partial charge in [-0.15, -0.1) is 11.3 Å². The number of carbonyl (C=O) groups excluding carboxylic acids is 1. The number of benzene rings is 1. The molecule has 1 N–H and O–H groups in total. The predicted octanol–water partition coefficient (Wildman–Crippen LogP) is 4.45. The molecule has 1 amide bonds. The third-order valence-electron chi connectivity index (χ3n) is 3.78. The zero-order valence-electron chi connectivity index (χ0n) is 14.2. The second-order valence-corrected chi connectivity index (χ2v) is 10.6. The second kappa shape index (κ2) is 6.79. The Labute approximate surface area is 167 Å². The van der Waals surface area contributed by atoms with Gasteiger partial charge in [0.25, 0.3) is 5.91 Å². The highest BCUT2D eigenvalue weighted by Gasteiger charge is 2.18. The Bertz CT molecular complexity index is 1250. The molecule has 0 fully saturated rings. The average molecular weight is 436 g/mol. The predicted molar refractivity (Wildman–Crippen MR) is 111 cm³/mol. The molecule has 0 aliphatic carbocycles. The molecule has 0 saturated carbocycles. The lowest BCUT2D eigenvalue weighted by Gasteiger charge is -1.98. The number of thiazole rings is 2. The summed E-state index contributed by atoms with van der Waals surface area (Å²) < 4.78 is 24.1. The van der Waals surface area contributed by atoms with Crippen LogP contribution in [0.15, 0.2) is 39.9 Å². The Morgan fingerprint density at radius 3 is 2.67 bits per heavy atom. The van der Waals surface area contributed by atoms with E-state index in [9.17, 15) is 13.2 Å². The summed E-state index contributed by atoms with van der Waals surface area (Å²) >= 11 is 4.16. The van der Waals surface area contributed by atoms with E-state index in [2.05, 4.69) is 15.3 Å². The van der Waals surface area contributed by atoms with Crippen molar-refractivity contribution in [1.29, 1.82) is 0 Å². The van der Waals surface area contributed by atoms with Crippen LogP contribution in [0.3, 0.4) is 0 Å².